The van der Waals surface area contributed by atoms with Crippen molar-refractivity contribution in [2.75, 3.05) is 4.90 Å². The third-order valence-electron chi connectivity index (χ3n) is 5.83. The van der Waals surface area contributed by atoms with Gasteiger partial charge in [-0.15, -0.1) is 0 Å². The molecule has 0 bridgehead atoms. The van der Waals surface area contributed by atoms with E-state index in [4.69, 9.17) is 4.74 Å². The summed E-state index contributed by atoms with van der Waals surface area (Å²) in [5.74, 6) is -1.97. The number of nitrogens with one attached hydrogen (secondary N) is 1. The summed E-state index contributed by atoms with van der Waals surface area (Å²) in [4.78, 5) is 51.7. The first kappa shape index (κ1) is 20.8. The molecule has 1 N–H and O–H groups in total. The van der Waals surface area contributed by atoms with Gasteiger partial charge >= 0.3 is 5.97 Å². The Morgan fingerprint density at radius 3 is 2.42 bits per heavy atom. The lowest BCUT2D eigenvalue weighted by molar-refractivity contribution is -0.129. The van der Waals surface area contributed by atoms with Gasteiger partial charge in [-0.25, -0.2) is 9.69 Å². The van der Waals surface area contributed by atoms with Crippen LogP contribution in [0.3, 0.4) is 0 Å². The molecule has 1 atom stereocenters. The Morgan fingerprint density at radius 1 is 1.03 bits per heavy atom. The normalized spacial score (nSPS) is 16.9. The Labute approximate surface area is 180 Å². The second kappa shape index (κ2) is 8.34. The van der Waals surface area contributed by atoms with Crippen LogP contribution in [0.15, 0.2) is 42.5 Å². The molecule has 0 radical (unpaired) electrons. The predicted octanol–water partition coefficient (Wildman–Crippen LogP) is 3.40. The molecular weight excluding hydrogens is 396 g/mol. The topological polar surface area (TPSA) is 92.8 Å². The van der Waals surface area contributed by atoms with E-state index in [2.05, 4.69) is 5.32 Å². The minimum Gasteiger partial charge on any atom is -0.449 e. The minimum absolute atomic E-state index is 0.118. The first-order valence-electron chi connectivity index (χ1n) is 10.5. The van der Waals surface area contributed by atoms with Gasteiger partial charge in [0, 0.05) is 6.04 Å². The van der Waals surface area contributed by atoms with Gasteiger partial charge in [0.2, 0.25) is 0 Å². The van der Waals surface area contributed by atoms with Crippen LogP contribution in [0.25, 0.3) is 0 Å². The molecule has 3 amide bonds. The summed E-state index contributed by atoms with van der Waals surface area (Å²) in [6.07, 6.45) is 3.08. The highest BCUT2D eigenvalue weighted by Crippen LogP contribution is 2.31. The molecule has 0 unspecified atom stereocenters. The maximum absolute atomic E-state index is 12.9. The highest BCUT2D eigenvalue weighted by Gasteiger charge is 2.38. The highest BCUT2D eigenvalue weighted by atomic mass is 16.5. The average Bonchev–Trinajstić information content (AvgIpc) is 3.35. The highest BCUT2D eigenvalue weighted by molar-refractivity contribution is 6.34. The fourth-order valence-electron chi connectivity index (χ4n) is 4.07. The number of anilines is 1. The van der Waals surface area contributed by atoms with E-state index < -0.39 is 23.9 Å². The van der Waals surface area contributed by atoms with Crippen LogP contribution in [-0.2, 0) is 9.53 Å². The largest absolute Gasteiger partial charge is 0.449 e. The quantitative estimate of drug-likeness (QED) is 0.591. The number of hydrogen-bond acceptors (Lipinski definition) is 5. The van der Waals surface area contributed by atoms with E-state index in [1.165, 1.54) is 25.1 Å². The number of benzene rings is 2. The summed E-state index contributed by atoms with van der Waals surface area (Å²) in [6.45, 7) is 3.34. The van der Waals surface area contributed by atoms with Crippen molar-refractivity contribution in [1.29, 1.82) is 0 Å². The zero-order chi connectivity index (χ0) is 22.1. The minimum atomic E-state index is -0.956. The van der Waals surface area contributed by atoms with Crippen LogP contribution in [0.4, 0.5) is 5.69 Å². The van der Waals surface area contributed by atoms with Crippen molar-refractivity contribution in [3.8, 4) is 0 Å². The molecule has 1 aliphatic heterocycles. The molecule has 0 saturated heterocycles. The van der Waals surface area contributed by atoms with Gasteiger partial charge in [0.25, 0.3) is 17.7 Å². The summed E-state index contributed by atoms with van der Waals surface area (Å²) in [5.41, 5.74) is 1.79. The van der Waals surface area contributed by atoms with Gasteiger partial charge < -0.3 is 10.1 Å². The van der Waals surface area contributed by atoms with Crippen LogP contribution in [0, 0.1) is 6.92 Å². The lowest BCUT2D eigenvalue weighted by Gasteiger charge is -2.17. The molecule has 2 aromatic carbocycles. The number of hydrogen-bond donors (Lipinski definition) is 1. The van der Waals surface area contributed by atoms with Gasteiger partial charge in [0.15, 0.2) is 6.10 Å². The molecule has 1 fully saturated rings. The van der Waals surface area contributed by atoms with Crippen molar-refractivity contribution < 1.29 is 23.9 Å². The second-order valence-corrected chi connectivity index (χ2v) is 8.03. The standard InChI is InChI=1S/C24H24N2O5/c1-14-7-3-6-10-20(14)26-22(28)18-12-11-16(13-19(18)23(26)29)24(30)31-15(2)21(27)25-17-8-4-5-9-17/h3,6-7,10-13,15,17H,4-5,8-9H2,1-2H3,(H,25,27)/t15-/m1/s1. The van der Waals surface area contributed by atoms with E-state index >= 15 is 0 Å². The molecule has 160 valence electrons. The van der Waals surface area contributed by atoms with Gasteiger partial charge in [0.1, 0.15) is 0 Å². The fourth-order valence-corrected chi connectivity index (χ4v) is 4.07. The molecule has 2 aliphatic rings. The van der Waals surface area contributed by atoms with Gasteiger partial charge in [-0.1, -0.05) is 31.0 Å². The van der Waals surface area contributed by atoms with Crippen LogP contribution in [0.1, 0.15) is 69.2 Å². The number of carbonyl (C=O) groups excluding carboxylic acids is 4. The Kier molecular flexibility index (Phi) is 5.59. The van der Waals surface area contributed by atoms with Crippen LogP contribution < -0.4 is 10.2 Å². The van der Waals surface area contributed by atoms with E-state index in [1.54, 1.807) is 12.1 Å². The number of imide groups is 1. The molecule has 7 nitrogen and oxygen atoms in total. The molecule has 1 saturated carbocycles. The van der Waals surface area contributed by atoms with Crippen molar-refractivity contribution in [1.82, 2.24) is 5.32 Å². The van der Waals surface area contributed by atoms with Crippen molar-refractivity contribution in [2.45, 2.75) is 51.7 Å². The summed E-state index contributed by atoms with van der Waals surface area (Å²) in [6, 6.07) is 11.5. The molecular formula is C24H24N2O5. The van der Waals surface area contributed by atoms with Crippen LogP contribution in [-0.4, -0.2) is 35.8 Å². The molecule has 2 aromatic rings. The molecule has 1 heterocycles. The maximum atomic E-state index is 12.9. The van der Waals surface area contributed by atoms with E-state index in [0.717, 1.165) is 36.1 Å². The monoisotopic (exact) mass is 420 g/mol. The van der Waals surface area contributed by atoms with E-state index in [9.17, 15) is 19.2 Å². The predicted molar refractivity (Wildman–Crippen MR) is 114 cm³/mol. The first-order chi connectivity index (χ1) is 14.9. The van der Waals surface area contributed by atoms with E-state index in [-0.39, 0.29) is 28.6 Å². The van der Waals surface area contributed by atoms with Gasteiger partial charge in [-0.3, -0.25) is 14.4 Å². The molecule has 0 spiro atoms. The van der Waals surface area contributed by atoms with Gasteiger partial charge in [-0.2, -0.15) is 0 Å². The number of rotatable bonds is 5. The van der Waals surface area contributed by atoms with Crippen molar-refractivity contribution >= 4 is 29.4 Å². The van der Waals surface area contributed by atoms with E-state index in [1.807, 2.05) is 19.1 Å². The average molecular weight is 420 g/mol. The Bertz CT molecular complexity index is 1070. The molecule has 4 rings (SSSR count). The lowest BCUT2D eigenvalue weighted by Crippen LogP contribution is -2.40. The van der Waals surface area contributed by atoms with Crippen molar-refractivity contribution in [3.05, 3.63) is 64.7 Å². The summed E-state index contributed by atoms with van der Waals surface area (Å²) < 4.78 is 5.30. The molecule has 1 aliphatic carbocycles. The summed E-state index contributed by atoms with van der Waals surface area (Å²) in [5, 5.41) is 2.90. The van der Waals surface area contributed by atoms with E-state index in [0.29, 0.717) is 5.69 Å². The summed E-state index contributed by atoms with van der Waals surface area (Å²) >= 11 is 0. The number of nitrogens with zero attached hydrogens (tertiary/aromatic N) is 1. The fraction of sp³-hybridized carbons (Fsp3) is 0.333. The maximum Gasteiger partial charge on any atom is 0.338 e. The number of carbonyl (C=O) groups is 4. The number of para-hydroxylation sites is 1. The summed E-state index contributed by atoms with van der Waals surface area (Å²) in [7, 11) is 0. The van der Waals surface area contributed by atoms with Crippen LogP contribution in [0.5, 0.6) is 0 Å². The molecule has 0 aromatic heterocycles. The zero-order valence-corrected chi connectivity index (χ0v) is 17.5. The van der Waals surface area contributed by atoms with Crippen LogP contribution in [0.2, 0.25) is 0 Å². The third-order valence-corrected chi connectivity index (χ3v) is 5.83. The Hall–Kier alpha value is -3.48. The van der Waals surface area contributed by atoms with Crippen molar-refractivity contribution in [2.24, 2.45) is 0 Å². The van der Waals surface area contributed by atoms with Crippen LogP contribution >= 0.6 is 0 Å². The Balaban J connectivity index is 1.49. The van der Waals surface area contributed by atoms with Crippen molar-refractivity contribution in [3.63, 3.8) is 0 Å². The Morgan fingerprint density at radius 2 is 1.71 bits per heavy atom. The lowest BCUT2D eigenvalue weighted by atomic mass is 10.1. The second-order valence-electron chi connectivity index (χ2n) is 8.03. The zero-order valence-electron chi connectivity index (χ0n) is 17.5. The number of ether oxygens (including phenoxy) is 1. The van der Waals surface area contributed by atoms with Gasteiger partial charge in [-0.05, 0) is 56.5 Å². The SMILES string of the molecule is Cc1ccccc1N1C(=O)c2ccc(C(=O)O[C@H](C)C(=O)NC3CCCC3)cc2C1=O. The number of fused-ring (bicyclic) bond motifs is 1. The number of amides is 3. The molecule has 31 heavy (non-hydrogen) atoms. The smallest absolute Gasteiger partial charge is 0.338 e. The molecule has 7 heteroatoms. The number of aryl methyl sites for hydroxylation is 1. The number of esters is 1. The van der Waals surface area contributed by atoms with Gasteiger partial charge in [0.05, 0.1) is 22.4 Å². The third kappa shape index (κ3) is 3.95. The first-order valence-corrected chi connectivity index (χ1v) is 10.5.